The summed E-state index contributed by atoms with van der Waals surface area (Å²) in [5.74, 6) is -0.906. The average Bonchev–Trinajstić information content (AvgIpc) is 3.30. The minimum Gasteiger partial charge on any atom is -0.349 e. The summed E-state index contributed by atoms with van der Waals surface area (Å²) in [5, 5.41) is 11.9. The lowest BCUT2D eigenvalue weighted by atomic mass is 9.98. The Balaban J connectivity index is 1.86. The molecule has 0 aliphatic heterocycles. The van der Waals surface area contributed by atoms with E-state index in [1.807, 2.05) is 45.0 Å². The molecule has 38 heavy (non-hydrogen) atoms. The first-order chi connectivity index (χ1) is 18.1. The fourth-order valence-corrected chi connectivity index (χ4v) is 4.23. The minimum absolute atomic E-state index is 0.152. The minimum atomic E-state index is -1.04. The van der Waals surface area contributed by atoms with Crippen LogP contribution in [0.15, 0.2) is 72.8 Å². The molecule has 1 atom stereocenters. The molecule has 0 aliphatic carbocycles. The van der Waals surface area contributed by atoms with Gasteiger partial charge in [-0.3, -0.25) is 19.3 Å². The van der Waals surface area contributed by atoms with Crippen LogP contribution < -0.4 is 10.2 Å². The highest BCUT2D eigenvalue weighted by molar-refractivity contribution is 6.30. The number of nitrogens with zero attached hydrogens (tertiary/aromatic N) is 4. The molecule has 0 saturated carbocycles. The fraction of sp³-hybridized carbons (Fsp3) is 0.276. The number of benzene rings is 3. The van der Waals surface area contributed by atoms with Crippen LogP contribution in [0.4, 0.5) is 5.69 Å². The van der Waals surface area contributed by atoms with Gasteiger partial charge in [0.25, 0.3) is 0 Å². The van der Waals surface area contributed by atoms with Gasteiger partial charge in [-0.1, -0.05) is 60.1 Å². The zero-order valence-corrected chi connectivity index (χ0v) is 22.6. The summed E-state index contributed by atoms with van der Waals surface area (Å²) in [6.45, 7) is 7.12. The summed E-state index contributed by atoms with van der Waals surface area (Å²) < 4.78 is 1.51. The van der Waals surface area contributed by atoms with E-state index in [9.17, 15) is 14.4 Å². The Morgan fingerprint density at radius 1 is 1.03 bits per heavy atom. The van der Waals surface area contributed by atoms with Crippen molar-refractivity contribution in [1.82, 2.24) is 20.3 Å². The van der Waals surface area contributed by atoms with Crippen LogP contribution in [0, 0.1) is 0 Å². The molecule has 0 unspecified atom stereocenters. The van der Waals surface area contributed by atoms with Crippen LogP contribution in [-0.4, -0.2) is 38.1 Å². The van der Waals surface area contributed by atoms with Crippen LogP contribution in [0.3, 0.4) is 0 Å². The number of carbonyl (C=O) groups excluding carboxylic acids is 3. The second-order valence-corrected chi connectivity index (χ2v) is 10.2. The molecule has 8 nitrogen and oxygen atoms in total. The van der Waals surface area contributed by atoms with Crippen LogP contribution >= 0.6 is 11.6 Å². The van der Waals surface area contributed by atoms with Crippen molar-refractivity contribution in [2.75, 3.05) is 4.90 Å². The standard InChI is InChI=1S/C29H30ClN5O3/c1-5-29(3,4)31-28(38)27(20-13-15-22(30)16-14-20)35(23-10-8-9-21(17-23)19(2)36)26(37)18-34-25-12-7-6-11-24(25)32-33-34/h6-17,27H,5,18H2,1-4H3,(H,31,38)/t27-/m1/s1. The zero-order chi connectivity index (χ0) is 27.4. The normalized spacial score (nSPS) is 12.2. The third-order valence-electron chi connectivity index (χ3n) is 6.54. The molecular formula is C29H30ClN5O3. The van der Waals surface area contributed by atoms with E-state index in [0.717, 1.165) is 0 Å². The van der Waals surface area contributed by atoms with Gasteiger partial charge in [-0.2, -0.15) is 0 Å². The molecule has 0 bridgehead atoms. The summed E-state index contributed by atoms with van der Waals surface area (Å²) >= 11 is 6.15. The van der Waals surface area contributed by atoms with Gasteiger partial charge >= 0.3 is 0 Å². The number of para-hydroxylation sites is 1. The Labute approximate surface area is 226 Å². The first kappa shape index (κ1) is 27.0. The number of Topliss-reactive ketones (excluding diaryl/α,β-unsaturated/α-hetero) is 1. The van der Waals surface area contributed by atoms with Crippen LogP contribution in [-0.2, 0) is 16.1 Å². The number of rotatable bonds is 9. The molecule has 2 amide bonds. The smallest absolute Gasteiger partial charge is 0.249 e. The van der Waals surface area contributed by atoms with Crippen LogP contribution in [0.5, 0.6) is 0 Å². The number of hydrogen-bond acceptors (Lipinski definition) is 5. The van der Waals surface area contributed by atoms with Gasteiger partial charge in [-0.25, -0.2) is 4.68 Å². The van der Waals surface area contributed by atoms with E-state index in [1.165, 1.54) is 16.5 Å². The first-order valence-corrected chi connectivity index (χ1v) is 12.8. The molecule has 1 aromatic heterocycles. The van der Waals surface area contributed by atoms with Crippen molar-refractivity contribution >= 4 is 45.9 Å². The predicted octanol–water partition coefficient (Wildman–Crippen LogP) is 5.37. The first-order valence-electron chi connectivity index (χ1n) is 12.4. The lowest BCUT2D eigenvalue weighted by Gasteiger charge is -2.34. The van der Waals surface area contributed by atoms with E-state index in [2.05, 4.69) is 15.6 Å². The van der Waals surface area contributed by atoms with Crippen molar-refractivity contribution in [3.05, 3.63) is 88.9 Å². The van der Waals surface area contributed by atoms with E-state index in [-0.39, 0.29) is 18.2 Å². The molecule has 1 N–H and O–H groups in total. The highest BCUT2D eigenvalue weighted by Gasteiger charge is 2.35. The summed E-state index contributed by atoms with van der Waals surface area (Å²) in [6, 6.07) is 19.8. The molecule has 0 saturated heterocycles. The monoisotopic (exact) mass is 531 g/mol. The Morgan fingerprint density at radius 3 is 2.42 bits per heavy atom. The van der Waals surface area contributed by atoms with Crippen molar-refractivity contribution in [2.45, 2.75) is 52.2 Å². The Bertz CT molecular complexity index is 1480. The maximum Gasteiger partial charge on any atom is 0.249 e. The fourth-order valence-electron chi connectivity index (χ4n) is 4.10. The third-order valence-corrected chi connectivity index (χ3v) is 6.79. The average molecular weight is 532 g/mol. The van der Waals surface area contributed by atoms with E-state index in [0.29, 0.717) is 39.3 Å². The van der Waals surface area contributed by atoms with Gasteiger partial charge in [-0.15, -0.1) is 5.10 Å². The number of fused-ring (bicyclic) bond motifs is 1. The van der Waals surface area contributed by atoms with Crippen molar-refractivity contribution in [3.63, 3.8) is 0 Å². The third kappa shape index (κ3) is 5.92. The number of carbonyl (C=O) groups is 3. The molecule has 0 spiro atoms. The molecule has 4 aromatic rings. The lowest BCUT2D eigenvalue weighted by Crippen LogP contribution is -2.51. The van der Waals surface area contributed by atoms with E-state index in [1.54, 1.807) is 48.5 Å². The number of anilines is 1. The molecule has 3 aromatic carbocycles. The largest absolute Gasteiger partial charge is 0.349 e. The number of amides is 2. The van der Waals surface area contributed by atoms with Crippen LogP contribution in [0.1, 0.15) is 56.1 Å². The van der Waals surface area contributed by atoms with E-state index >= 15 is 0 Å². The quantitative estimate of drug-likeness (QED) is 0.293. The molecule has 196 valence electrons. The van der Waals surface area contributed by atoms with Gasteiger partial charge in [0.1, 0.15) is 18.1 Å². The Morgan fingerprint density at radius 2 is 1.74 bits per heavy atom. The second kappa shape index (κ2) is 11.1. The van der Waals surface area contributed by atoms with Gasteiger partial charge in [0.05, 0.1) is 5.52 Å². The number of halogens is 1. The van der Waals surface area contributed by atoms with E-state index < -0.39 is 17.5 Å². The lowest BCUT2D eigenvalue weighted by molar-refractivity contribution is -0.128. The maximum atomic E-state index is 14.1. The van der Waals surface area contributed by atoms with Crippen LogP contribution in [0.2, 0.25) is 5.02 Å². The molecule has 0 fully saturated rings. The predicted molar refractivity (Wildman–Crippen MR) is 148 cm³/mol. The summed E-state index contributed by atoms with van der Waals surface area (Å²) in [4.78, 5) is 41.7. The SMILES string of the molecule is CCC(C)(C)NC(=O)[C@@H](c1ccc(Cl)cc1)N(C(=O)Cn1nnc2ccccc21)c1cccc(C(C)=O)c1. The van der Waals surface area contributed by atoms with E-state index in [4.69, 9.17) is 11.6 Å². The van der Waals surface area contributed by atoms with Crippen molar-refractivity contribution in [1.29, 1.82) is 0 Å². The highest BCUT2D eigenvalue weighted by atomic mass is 35.5. The number of ketones is 1. The molecular weight excluding hydrogens is 502 g/mol. The van der Waals surface area contributed by atoms with Crippen molar-refractivity contribution < 1.29 is 14.4 Å². The number of nitrogens with one attached hydrogen (secondary N) is 1. The van der Waals surface area contributed by atoms with Crippen molar-refractivity contribution in [2.24, 2.45) is 0 Å². The molecule has 0 aliphatic rings. The number of hydrogen-bond donors (Lipinski definition) is 1. The maximum absolute atomic E-state index is 14.1. The zero-order valence-electron chi connectivity index (χ0n) is 21.8. The summed E-state index contributed by atoms with van der Waals surface area (Å²) in [5.41, 5.74) is 2.25. The Hall–Kier alpha value is -4.04. The highest BCUT2D eigenvalue weighted by Crippen LogP contribution is 2.31. The van der Waals surface area contributed by atoms with Crippen molar-refractivity contribution in [3.8, 4) is 0 Å². The van der Waals surface area contributed by atoms with Gasteiger partial charge in [-0.05, 0) is 69.2 Å². The summed E-state index contributed by atoms with van der Waals surface area (Å²) in [7, 11) is 0. The van der Waals surface area contributed by atoms with Gasteiger partial charge in [0, 0.05) is 21.8 Å². The van der Waals surface area contributed by atoms with Gasteiger partial charge < -0.3 is 5.32 Å². The molecule has 1 heterocycles. The van der Waals surface area contributed by atoms with Gasteiger partial charge in [0.2, 0.25) is 11.8 Å². The second-order valence-electron chi connectivity index (χ2n) is 9.79. The molecule has 9 heteroatoms. The number of aromatic nitrogens is 3. The Kier molecular flexibility index (Phi) is 7.92. The summed E-state index contributed by atoms with van der Waals surface area (Å²) in [6.07, 6.45) is 0.685. The molecule has 0 radical (unpaired) electrons. The molecule has 4 rings (SSSR count). The topological polar surface area (TPSA) is 97.2 Å². The van der Waals surface area contributed by atoms with Gasteiger partial charge in [0.15, 0.2) is 5.78 Å². The van der Waals surface area contributed by atoms with Crippen LogP contribution in [0.25, 0.3) is 11.0 Å².